The Hall–Kier alpha value is -1.94. The van der Waals surface area contributed by atoms with E-state index in [2.05, 4.69) is 37.6 Å². The Bertz CT molecular complexity index is 926. The van der Waals surface area contributed by atoms with Gasteiger partial charge in [-0.3, -0.25) is 9.52 Å². The predicted molar refractivity (Wildman–Crippen MR) is 99.7 cm³/mol. The van der Waals surface area contributed by atoms with E-state index in [0.717, 1.165) is 9.13 Å². The van der Waals surface area contributed by atoms with Crippen LogP contribution in [-0.4, -0.2) is 26.7 Å². The summed E-state index contributed by atoms with van der Waals surface area (Å²) >= 11 is 2.24. The lowest BCUT2D eigenvalue weighted by atomic mass is 10.1. The topological polar surface area (TPSA) is 87.6 Å². The van der Waals surface area contributed by atoms with Crippen LogP contribution >= 0.6 is 22.6 Å². The van der Waals surface area contributed by atoms with E-state index in [0.29, 0.717) is 13.0 Å². The van der Waals surface area contributed by atoms with Gasteiger partial charge in [0.05, 0.1) is 5.69 Å². The van der Waals surface area contributed by atoms with Gasteiger partial charge in [0.1, 0.15) is 4.90 Å². The molecule has 0 unspecified atom stereocenters. The lowest BCUT2D eigenvalue weighted by Gasteiger charge is -2.17. The summed E-state index contributed by atoms with van der Waals surface area (Å²) in [5, 5.41) is 2.70. The molecular weight excluding hydrogens is 441 g/mol. The summed E-state index contributed by atoms with van der Waals surface area (Å²) in [6, 6.07) is 14.2. The first-order chi connectivity index (χ1) is 11.5. The van der Waals surface area contributed by atoms with Crippen molar-refractivity contribution in [3.63, 3.8) is 0 Å². The van der Waals surface area contributed by atoms with Gasteiger partial charge in [-0.05, 0) is 52.8 Å². The second-order valence-corrected chi connectivity index (χ2v) is 7.94. The summed E-state index contributed by atoms with van der Waals surface area (Å²) in [5.74, 6) is -0.754. The molecule has 0 spiro atoms. The molecular formula is C16H14IN3O3S. The van der Waals surface area contributed by atoms with E-state index in [1.165, 1.54) is 6.07 Å². The summed E-state index contributed by atoms with van der Waals surface area (Å²) in [6.07, 6.45) is 0.654. The fraction of sp³-hybridized carbons (Fsp3) is 0.125. The van der Waals surface area contributed by atoms with Gasteiger partial charge in [0, 0.05) is 10.1 Å². The SMILES string of the molecule is O=C(NCCc1ccccc1I)C1=Nc2ccccc2S(=O)(=O)N1. The monoisotopic (exact) mass is 455 g/mol. The Balaban J connectivity index is 1.70. The number of amidine groups is 1. The fourth-order valence-corrected chi connectivity index (χ4v) is 4.10. The van der Waals surface area contributed by atoms with Crippen LogP contribution in [0, 0.1) is 3.57 Å². The van der Waals surface area contributed by atoms with Gasteiger partial charge in [-0.2, -0.15) is 0 Å². The number of nitrogens with one attached hydrogen (secondary N) is 2. The quantitative estimate of drug-likeness (QED) is 0.692. The standard InChI is InChI=1S/C16H14IN3O3S/c17-12-6-2-1-5-11(12)9-10-18-16(21)15-19-13-7-3-4-8-14(13)24(22,23)20-15/h1-8H,9-10H2,(H,18,21)(H,19,20). The third-order valence-corrected chi connectivity index (χ3v) is 5.91. The van der Waals surface area contributed by atoms with Crippen molar-refractivity contribution in [2.75, 3.05) is 6.54 Å². The van der Waals surface area contributed by atoms with Gasteiger partial charge >= 0.3 is 0 Å². The molecule has 0 atom stereocenters. The number of fused-ring (bicyclic) bond motifs is 1. The van der Waals surface area contributed by atoms with Crippen molar-refractivity contribution < 1.29 is 13.2 Å². The summed E-state index contributed by atoms with van der Waals surface area (Å²) in [4.78, 5) is 16.4. The minimum Gasteiger partial charge on any atom is -0.349 e. The van der Waals surface area contributed by atoms with Crippen LogP contribution in [0.15, 0.2) is 58.4 Å². The molecule has 6 nitrogen and oxygen atoms in total. The largest absolute Gasteiger partial charge is 0.349 e. The minimum atomic E-state index is -3.76. The van der Waals surface area contributed by atoms with Gasteiger partial charge < -0.3 is 5.32 Å². The number of carbonyl (C=O) groups excluding carboxylic acids is 1. The van der Waals surface area contributed by atoms with Crippen LogP contribution in [0.2, 0.25) is 0 Å². The maximum absolute atomic E-state index is 12.2. The second kappa shape index (κ2) is 6.89. The first-order valence-corrected chi connectivity index (χ1v) is 9.76. The normalized spacial score (nSPS) is 15.0. The van der Waals surface area contributed by atoms with Gasteiger partial charge in [-0.25, -0.2) is 13.4 Å². The maximum Gasteiger partial charge on any atom is 0.287 e. The number of halogens is 1. The van der Waals surface area contributed by atoms with E-state index in [9.17, 15) is 13.2 Å². The number of hydrogen-bond acceptors (Lipinski definition) is 4. The average molecular weight is 455 g/mol. The number of aliphatic imine (C=N–C) groups is 1. The molecule has 0 fully saturated rings. The summed E-state index contributed by atoms with van der Waals surface area (Å²) in [6.45, 7) is 0.390. The molecule has 0 saturated carbocycles. The van der Waals surface area contributed by atoms with E-state index in [4.69, 9.17) is 0 Å². The zero-order chi connectivity index (χ0) is 17.2. The van der Waals surface area contributed by atoms with Crippen molar-refractivity contribution in [1.29, 1.82) is 0 Å². The molecule has 1 aliphatic heterocycles. The summed E-state index contributed by atoms with van der Waals surface area (Å²) in [5.41, 5.74) is 1.38. The van der Waals surface area contributed by atoms with Crippen molar-refractivity contribution in [2.45, 2.75) is 11.3 Å². The smallest absolute Gasteiger partial charge is 0.287 e. The van der Waals surface area contributed by atoms with Gasteiger partial charge in [0.15, 0.2) is 0 Å². The molecule has 0 bridgehead atoms. The Kier molecular flexibility index (Phi) is 4.86. The molecule has 2 N–H and O–H groups in total. The molecule has 0 aromatic heterocycles. The summed E-state index contributed by atoms with van der Waals surface area (Å²) < 4.78 is 27.6. The average Bonchev–Trinajstić information content (AvgIpc) is 2.56. The number of amides is 1. The minimum absolute atomic E-state index is 0.0698. The third-order valence-electron chi connectivity index (χ3n) is 3.47. The Labute approximate surface area is 153 Å². The van der Waals surface area contributed by atoms with Gasteiger partial charge in [-0.1, -0.05) is 30.3 Å². The highest BCUT2D eigenvalue weighted by molar-refractivity contribution is 14.1. The molecule has 3 rings (SSSR count). The zero-order valence-corrected chi connectivity index (χ0v) is 15.5. The molecule has 2 aromatic carbocycles. The molecule has 2 aromatic rings. The third kappa shape index (κ3) is 3.59. The molecule has 1 heterocycles. The molecule has 8 heteroatoms. The predicted octanol–water partition coefficient (Wildman–Crippen LogP) is 1.97. The molecule has 0 aliphatic carbocycles. The number of benzene rings is 2. The lowest BCUT2D eigenvalue weighted by Crippen LogP contribution is -2.44. The van der Waals surface area contributed by atoms with Crippen molar-refractivity contribution in [3.05, 3.63) is 57.7 Å². The van der Waals surface area contributed by atoms with Crippen LogP contribution in [0.3, 0.4) is 0 Å². The molecule has 1 amide bonds. The van der Waals surface area contributed by atoms with Gasteiger partial charge in [-0.15, -0.1) is 0 Å². The van der Waals surface area contributed by atoms with Crippen LogP contribution in [0.5, 0.6) is 0 Å². The zero-order valence-electron chi connectivity index (χ0n) is 12.5. The van der Waals surface area contributed by atoms with E-state index in [1.807, 2.05) is 24.3 Å². The first-order valence-electron chi connectivity index (χ1n) is 7.19. The van der Waals surface area contributed by atoms with E-state index < -0.39 is 15.9 Å². The second-order valence-electron chi connectivity index (χ2n) is 5.13. The molecule has 1 aliphatic rings. The molecule has 124 valence electrons. The number of hydrogen-bond donors (Lipinski definition) is 2. The van der Waals surface area contributed by atoms with Crippen LogP contribution in [0.4, 0.5) is 5.69 Å². The van der Waals surface area contributed by atoms with Crippen molar-refractivity contribution in [3.8, 4) is 0 Å². The van der Waals surface area contributed by atoms with E-state index in [-0.39, 0.29) is 16.4 Å². The highest BCUT2D eigenvalue weighted by Gasteiger charge is 2.28. The number of para-hydroxylation sites is 1. The van der Waals surface area contributed by atoms with Crippen molar-refractivity contribution in [2.24, 2.45) is 4.99 Å². The highest BCUT2D eigenvalue weighted by atomic mass is 127. The van der Waals surface area contributed by atoms with Crippen LogP contribution in [0.25, 0.3) is 0 Å². The maximum atomic E-state index is 12.2. The lowest BCUT2D eigenvalue weighted by molar-refractivity contribution is -0.114. The van der Waals surface area contributed by atoms with Crippen molar-refractivity contribution in [1.82, 2.24) is 10.0 Å². The van der Waals surface area contributed by atoms with Crippen LogP contribution in [-0.2, 0) is 21.2 Å². The van der Waals surface area contributed by atoms with Crippen LogP contribution < -0.4 is 10.0 Å². The molecule has 0 radical (unpaired) electrons. The number of nitrogens with zero attached hydrogens (tertiary/aromatic N) is 1. The van der Waals surface area contributed by atoms with Gasteiger partial charge in [0.2, 0.25) is 5.84 Å². The highest BCUT2D eigenvalue weighted by Crippen LogP contribution is 2.26. The first kappa shape index (κ1) is 16.9. The number of rotatable bonds is 4. The number of carbonyl (C=O) groups is 1. The van der Waals surface area contributed by atoms with Crippen molar-refractivity contribution >= 4 is 50.0 Å². The van der Waals surface area contributed by atoms with E-state index in [1.54, 1.807) is 18.2 Å². The Morgan fingerprint density at radius 1 is 1.12 bits per heavy atom. The van der Waals surface area contributed by atoms with Gasteiger partial charge in [0.25, 0.3) is 15.9 Å². The van der Waals surface area contributed by atoms with E-state index >= 15 is 0 Å². The number of sulfonamides is 1. The summed E-state index contributed by atoms with van der Waals surface area (Å²) in [7, 11) is -3.76. The fourth-order valence-electron chi connectivity index (χ4n) is 2.29. The molecule has 0 saturated heterocycles. The molecule has 24 heavy (non-hydrogen) atoms. The Morgan fingerprint density at radius 2 is 1.83 bits per heavy atom. The Morgan fingerprint density at radius 3 is 2.62 bits per heavy atom. The van der Waals surface area contributed by atoms with Crippen LogP contribution in [0.1, 0.15) is 5.56 Å².